The van der Waals surface area contributed by atoms with Crippen LogP contribution in [-0.4, -0.2) is 44.9 Å². The lowest BCUT2D eigenvalue weighted by atomic mass is 10.2. The van der Waals surface area contributed by atoms with Gasteiger partial charge in [-0.3, -0.25) is 4.79 Å². The molecule has 1 heterocycles. The van der Waals surface area contributed by atoms with E-state index in [-0.39, 0.29) is 10.8 Å². The largest absolute Gasteiger partial charge is 0.486 e. The van der Waals surface area contributed by atoms with Gasteiger partial charge in [-0.15, -0.1) is 0 Å². The summed E-state index contributed by atoms with van der Waals surface area (Å²) in [6, 6.07) is 11.6. The first-order valence-corrected chi connectivity index (χ1v) is 10.9. The van der Waals surface area contributed by atoms with Gasteiger partial charge in [0.25, 0.3) is 0 Å². The molecule has 0 fully saturated rings. The van der Waals surface area contributed by atoms with Crippen LogP contribution in [0.2, 0.25) is 0 Å². The first-order valence-electron chi connectivity index (χ1n) is 9.43. The summed E-state index contributed by atoms with van der Waals surface area (Å²) in [5.74, 6) is 1.03. The number of hydrogen-bond acceptors (Lipinski definition) is 5. The normalized spacial score (nSPS) is 13.6. The Morgan fingerprint density at radius 2 is 1.69 bits per heavy atom. The van der Waals surface area contributed by atoms with Gasteiger partial charge in [0.05, 0.1) is 4.90 Å². The molecule has 7 nitrogen and oxygen atoms in total. The van der Waals surface area contributed by atoms with Crippen molar-refractivity contribution < 1.29 is 22.7 Å². The maximum Gasteiger partial charge on any atom is 0.248 e. The number of sulfonamides is 1. The fraction of sp³-hybridized carbons (Fsp3) is 0.286. The minimum absolute atomic E-state index is 0.200. The summed E-state index contributed by atoms with van der Waals surface area (Å²) < 4.78 is 37.4. The second kappa shape index (κ2) is 9.11. The van der Waals surface area contributed by atoms with Crippen LogP contribution in [0, 0.1) is 0 Å². The predicted molar refractivity (Wildman–Crippen MR) is 112 cm³/mol. The van der Waals surface area contributed by atoms with E-state index in [1.165, 1.54) is 22.5 Å². The monoisotopic (exact) mass is 416 g/mol. The van der Waals surface area contributed by atoms with Crippen LogP contribution in [0.5, 0.6) is 11.5 Å². The van der Waals surface area contributed by atoms with Crippen molar-refractivity contribution in [3.05, 3.63) is 54.1 Å². The smallest absolute Gasteiger partial charge is 0.248 e. The highest BCUT2D eigenvalue weighted by Gasteiger charge is 2.21. The molecule has 0 atom stereocenters. The molecule has 0 saturated carbocycles. The zero-order chi connectivity index (χ0) is 20.9. The lowest BCUT2D eigenvalue weighted by Gasteiger charge is -2.18. The Balaban J connectivity index is 1.64. The van der Waals surface area contributed by atoms with Gasteiger partial charge in [0.2, 0.25) is 15.9 Å². The van der Waals surface area contributed by atoms with Crippen molar-refractivity contribution in [1.29, 1.82) is 0 Å². The van der Waals surface area contributed by atoms with E-state index in [9.17, 15) is 13.2 Å². The minimum atomic E-state index is -3.52. The summed E-state index contributed by atoms with van der Waals surface area (Å²) in [5.41, 5.74) is 1.32. The highest BCUT2D eigenvalue weighted by Crippen LogP contribution is 2.31. The van der Waals surface area contributed by atoms with Gasteiger partial charge < -0.3 is 14.8 Å². The fourth-order valence-electron chi connectivity index (χ4n) is 2.94. The van der Waals surface area contributed by atoms with Gasteiger partial charge in [0.1, 0.15) is 13.2 Å². The highest BCUT2D eigenvalue weighted by atomic mass is 32.2. The SMILES string of the molecule is CCN(CC)S(=O)(=O)c1ccc(NC(=O)/C=C/c2ccc3c(c2)OCCO3)cc1. The summed E-state index contributed by atoms with van der Waals surface area (Å²) in [5, 5.41) is 2.72. The third-order valence-electron chi connectivity index (χ3n) is 4.46. The fourth-order valence-corrected chi connectivity index (χ4v) is 4.40. The molecule has 0 spiro atoms. The number of rotatable bonds is 7. The number of nitrogens with zero attached hydrogens (tertiary/aromatic N) is 1. The summed E-state index contributed by atoms with van der Waals surface area (Å²) in [7, 11) is -3.52. The van der Waals surface area contributed by atoms with E-state index in [0.29, 0.717) is 43.5 Å². The second-order valence-electron chi connectivity index (χ2n) is 6.34. The number of carbonyl (C=O) groups is 1. The molecule has 1 amide bonds. The molecule has 0 unspecified atom stereocenters. The maximum atomic E-state index is 12.5. The number of fused-ring (bicyclic) bond motifs is 1. The number of nitrogens with one attached hydrogen (secondary N) is 1. The van der Waals surface area contributed by atoms with Crippen molar-refractivity contribution in [2.45, 2.75) is 18.7 Å². The Kier molecular flexibility index (Phi) is 6.56. The lowest BCUT2D eigenvalue weighted by Crippen LogP contribution is -2.30. The summed E-state index contributed by atoms with van der Waals surface area (Å²) in [6.07, 6.45) is 3.08. The number of amides is 1. The van der Waals surface area contributed by atoms with Gasteiger partial charge >= 0.3 is 0 Å². The van der Waals surface area contributed by atoms with Gasteiger partial charge in [-0.25, -0.2) is 8.42 Å². The average Bonchev–Trinajstić information content (AvgIpc) is 2.73. The molecule has 29 heavy (non-hydrogen) atoms. The number of carbonyl (C=O) groups excluding carboxylic acids is 1. The van der Waals surface area contributed by atoms with Crippen LogP contribution in [0.25, 0.3) is 6.08 Å². The molecule has 3 rings (SSSR count). The van der Waals surface area contributed by atoms with Crippen molar-refractivity contribution in [2.75, 3.05) is 31.6 Å². The van der Waals surface area contributed by atoms with Crippen LogP contribution in [-0.2, 0) is 14.8 Å². The predicted octanol–water partition coefficient (Wildman–Crippen LogP) is 3.14. The summed E-state index contributed by atoms with van der Waals surface area (Å²) in [4.78, 5) is 12.4. The molecule has 1 N–H and O–H groups in total. The topological polar surface area (TPSA) is 84.9 Å². The van der Waals surface area contributed by atoms with Gasteiger partial charge in [-0.05, 0) is 48.0 Å². The Bertz CT molecular complexity index is 996. The summed E-state index contributed by atoms with van der Waals surface area (Å²) in [6.45, 7) is 5.43. The molecule has 0 radical (unpaired) electrons. The van der Waals surface area contributed by atoms with Crippen LogP contribution in [0.4, 0.5) is 5.69 Å². The highest BCUT2D eigenvalue weighted by molar-refractivity contribution is 7.89. The van der Waals surface area contributed by atoms with E-state index in [1.807, 2.05) is 12.1 Å². The molecule has 0 bridgehead atoms. The van der Waals surface area contributed by atoms with Gasteiger partial charge in [0.15, 0.2) is 11.5 Å². The van der Waals surface area contributed by atoms with Crippen molar-refractivity contribution in [1.82, 2.24) is 4.31 Å². The van der Waals surface area contributed by atoms with E-state index in [1.54, 1.807) is 38.1 Å². The molecule has 0 saturated heterocycles. The van der Waals surface area contributed by atoms with Crippen LogP contribution < -0.4 is 14.8 Å². The first-order chi connectivity index (χ1) is 13.9. The lowest BCUT2D eigenvalue weighted by molar-refractivity contribution is -0.111. The van der Waals surface area contributed by atoms with Crippen LogP contribution in [0.15, 0.2) is 53.4 Å². The molecule has 8 heteroatoms. The van der Waals surface area contributed by atoms with E-state index in [4.69, 9.17) is 9.47 Å². The number of hydrogen-bond donors (Lipinski definition) is 1. The van der Waals surface area contributed by atoms with Gasteiger partial charge in [-0.2, -0.15) is 4.31 Å². The van der Waals surface area contributed by atoms with E-state index in [0.717, 1.165) is 5.56 Å². The number of anilines is 1. The summed E-state index contributed by atoms with van der Waals surface area (Å²) >= 11 is 0. The molecule has 2 aromatic rings. The second-order valence-corrected chi connectivity index (χ2v) is 8.28. The van der Waals surface area contributed by atoms with Crippen LogP contribution >= 0.6 is 0 Å². The molecule has 154 valence electrons. The number of benzene rings is 2. The quantitative estimate of drug-likeness (QED) is 0.701. The van der Waals surface area contributed by atoms with Crippen molar-refractivity contribution in [3.63, 3.8) is 0 Å². The molecule has 2 aromatic carbocycles. The van der Waals surface area contributed by atoms with Crippen molar-refractivity contribution in [3.8, 4) is 11.5 Å². The molecular formula is C21H24N2O5S. The maximum absolute atomic E-state index is 12.5. The third-order valence-corrected chi connectivity index (χ3v) is 6.52. The zero-order valence-corrected chi connectivity index (χ0v) is 17.2. The molecule has 1 aliphatic heterocycles. The van der Waals surface area contributed by atoms with E-state index >= 15 is 0 Å². The molecule has 0 aromatic heterocycles. The van der Waals surface area contributed by atoms with Crippen LogP contribution in [0.1, 0.15) is 19.4 Å². The standard InChI is InChI=1S/C21H24N2O5S/c1-3-23(4-2)29(25,26)18-9-7-17(8-10-18)22-21(24)12-6-16-5-11-19-20(15-16)28-14-13-27-19/h5-12,15H,3-4,13-14H2,1-2H3,(H,22,24)/b12-6+. The van der Waals surface area contributed by atoms with E-state index in [2.05, 4.69) is 5.32 Å². The Morgan fingerprint density at radius 3 is 2.34 bits per heavy atom. The van der Waals surface area contributed by atoms with E-state index < -0.39 is 10.0 Å². The Hall–Kier alpha value is -2.84. The molecule has 0 aliphatic carbocycles. The van der Waals surface area contributed by atoms with Crippen molar-refractivity contribution in [2.24, 2.45) is 0 Å². The van der Waals surface area contributed by atoms with Crippen LogP contribution in [0.3, 0.4) is 0 Å². The van der Waals surface area contributed by atoms with Gasteiger partial charge in [-0.1, -0.05) is 19.9 Å². The van der Waals surface area contributed by atoms with Crippen molar-refractivity contribution >= 4 is 27.7 Å². The number of ether oxygens (including phenoxy) is 2. The first kappa shape index (κ1) is 20.9. The molecule has 1 aliphatic rings. The Morgan fingerprint density at radius 1 is 1.03 bits per heavy atom. The Labute approximate surface area is 171 Å². The third kappa shape index (κ3) is 4.96. The zero-order valence-electron chi connectivity index (χ0n) is 16.4. The minimum Gasteiger partial charge on any atom is -0.486 e. The molecular weight excluding hydrogens is 392 g/mol. The average molecular weight is 416 g/mol. The van der Waals surface area contributed by atoms with Gasteiger partial charge in [0, 0.05) is 24.9 Å².